The summed E-state index contributed by atoms with van der Waals surface area (Å²) in [7, 11) is -0.994. The van der Waals surface area contributed by atoms with Crippen LogP contribution in [0.25, 0.3) is 0 Å². The number of rotatable bonds is 4. The lowest BCUT2D eigenvalue weighted by Gasteiger charge is -2.24. The molecule has 0 aliphatic rings. The molecule has 0 saturated heterocycles. The molecule has 18 heavy (non-hydrogen) atoms. The van der Waals surface area contributed by atoms with Crippen molar-refractivity contribution in [3.8, 4) is 0 Å². The van der Waals surface area contributed by atoms with Gasteiger partial charge in [-0.05, 0) is 38.0 Å². The number of hydrogen-bond acceptors (Lipinski definition) is 1. The normalized spacial score (nSPS) is 13.2. The van der Waals surface area contributed by atoms with Crippen LogP contribution in [0.2, 0.25) is 0 Å². The van der Waals surface area contributed by atoms with E-state index in [1.165, 1.54) is 5.56 Å². The molecule has 0 spiro atoms. The molecular weight excluding hydrogens is 240 g/mol. The molecule has 2 aromatic rings. The Hall–Kier alpha value is -1.41. The minimum Gasteiger partial charge on any atom is -0.254 e. The minimum absolute atomic E-state index is 0.261. The van der Waals surface area contributed by atoms with Gasteiger partial charge < -0.3 is 0 Å². The Bertz CT molecular complexity index is 517. The minimum atomic E-state index is -0.994. The smallest absolute Gasteiger partial charge is 0.0589 e. The van der Waals surface area contributed by atoms with Crippen LogP contribution in [0.4, 0.5) is 0 Å². The molecule has 0 radical (unpaired) electrons. The third-order valence-corrected chi connectivity index (χ3v) is 4.78. The Morgan fingerprint density at radius 2 is 1.39 bits per heavy atom. The van der Waals surface area contributed by atoms with Gasteiger partial charge in [0.05, 0.1) is 10.8 Å². The maximum absolute atomic E-state index is 12.6. The lowest BCUT2D eigenvalue weighted by Crippen LogP contribution is -2.29. The van der Waals surface area contributed by atoms with Crippen LogP contribution in [0.5, 0.6) is 0 Å². The average molecular weight is 258 g/mol. The predicted molar refractivity (Wildman–Crippen MR) is 77.1 cm³/mol. The second-order valence-corrected chi connectivity index (χ2v) is 7.12. The standard InChI is InChI=1S/C16H18OS/c1-16(2,13-14-9-5-3-6-10-14)18(17)15-11-7-4-8-12-15/h3-12H,13H2,1-2H3/t18-/m1/s1. The SMILES string of the molecule is CC(C)(Cc1ccccc1)[S@](=O)c1ccccc1. The molecule has 0 aliphatic carbocycles. The molecule has 0 unspecified atom stereocenters. The van der Waals surface area contributed by atoms with E-state index in [4.69, 9.17) is 0 Å². The summed E-state index contributed by atoms with van der Waals surface area (Å²) < 4.78 is 12.3. The molecule has 1 nitrogen and oxygen atoms in total. The van der Waals surface area contributed by atoms with Crippen LogP contribution in [0.1, 0.15) is 19.4 Å². The monoisotopic (exact) mass is 258 g/mol. The summed E-state index contributed by atoms with van der Waals surface area (Å²) >= 11 is 0. The molecule has 94 valence electrons. The van der Waals surface area contributed by atoms with Gasteiger partial charge in [-0.15, -0.1) is 0 Å². The van der Waals surface area contributed by atoms with Crippen LogP contribution in [-0.4, -0.2) is 8.96 Å². The van der Waals surface area contributed by atoms with Crippen LogP contribution >= 0.6 is 0 Å². The average Bonchev–Trinajstić information content (AvgIpc) is 2.39. The Morgan fingerprint density at radius 1 is 0.889 bits per heavy atom. The van der Waals surface area contributed by atoms with Gasteiger partial charge in [0, 0.05) is 9.64 Å². The second-order valence-electron chi connectivity index (χ2n) is 5.00. The van der Waals surface area contributed by atoms with Crippen LogP contribution in [0, 0.1) is 0 Å². The van der Waals surface area contributed by atoms with E-state index in [0.717, 1.165) is 11.3 Å². The van der Waals surface area contributed by atoms with E-state index in [2.05, 4.69) is 26.0 Å². The lowest BCUT2D eigenvalue weighted by molar-refractivity contribution is 0.623. The van der Waals surface area contributed by atoms with Crippen molar-refractivity contribution in [2.24, 2.45) is 0 Å². The molecule has 2 rings (SSSR count). The van der Waals surface area contributed by atoms with Gasteiger partial charge in [0.25, 0.3) is 0 Å². The first kappa shape index (κ1) is 13.0. The maximum Gasteiger partial charge on any atom is 0.0589 e. The van der Waals surface area contributed by atoms with E-state index in [1.54, 1.807) is 0 Å². The molecule has 1 atom stereocenters. The molecule has 0 bridgehead atoms. The third-order valence-electron chi connectivity index (χ3n) is 2.93. The van der Waals surface area contributed by atoms with E-state index in [-0.39, 0.29) is 4.75 Å². The molecule has 0 aromatic heterocycles. The van der Waals surface area contributed by atoms with Crippen molar-refractivity contribution in [2.75, 3.05) is 0 Å². The summed E-state index contributed by atoms with van der Waals surface area (Å²) in [6.45, 7) is 4.12. The molecule has 2 heteroatoms. The van der Waals surface area contributed by atoms with Gasteiger partial charge in [-0.2, -0.15) is 0 Å². The Labute approximate surface area is 111 Å². The van der Waals surface area contributed by atoms with Gasteiger partial charge in [0.2, 0.25) is 0 Å². The quantitative estimate of drug-likeness (QED) is 0.815. The number of benzene rings is 2. The van der Waals surface area contributed by atoms with Crippen molar-refractivity contribution in [1.29, 1.82) is 0 Å². The first-order chi connectivity index (χ1) is 8.59. The van der Waals surface area contributed by atoms with Crippen molar-refractivity contribution in [3.05, 3.63) is 66.2 Å². The molecule has 0 saturated carbocycles. The van der Waals surface area contributed by atoms with Crippen LogP contribution in [0.15, 0.2) is 65.6 Å². The molecule has 0 heterocycles. The fraction of sp³-hybridized carbons (Fsp3) is 0.250. The largest absolute Gasteiger partial charge is 0.254 e. The summed E-state index contributed by atoms with van der Waals surface area (Å²) in [6, 6.07) is 19.9. The Kier molecular flexibility index (Phi) is 3.97. The van der Waals surface area contributed by atoms with Gasteiger partial charge >= 0.3 is 0 Å². The second kappa shape index (κ2) is 5.49. The van der Waals surface area contributed by atoms with E-state index < -0.39 is 10.8 Å². The molecule has 0 amide bonds. The summed E-state index contributed by atoms with van der Waals surface area (Å²) in [5.74, 6) is 0. The van der Waals surface area contributed by atoms with E-state index in [0.29, 0.717) is 0 Å². The van der Waals surface area contributed by atoms with E-state index >= 15 is 0 Å². The van der Waals surface area contributed by atoms with Gasteiger partial charge in [0.15, 0.2) is 0 Å². The highest BCUT2D eigenvalue weighted by molar-refractivity contribution is 7.86. The Morgan fingerprint density at radius 3 is 1.94 bits per heavy atom. The van der Waals surface area contributed by atoms with Crippen LogP contribution in [0.3, 0.4) is 0 Å². The highest BCUT2D eigenvalue weighted by Crippen LogP contribution is 2.24. The Balaban J connectivity index is 2.19. The van der Waals surface area contributed by atoms with Crippen molar-refractivity contribution in [2.45, 2.75) is 29.9 Å². The molecule has 0 fully saturated rings. The molecular formula is C16H18OS. The highest BCUT2D eigenvalue weighted by atomic mass is 32.2. The summed E-state index contributed by atoms with van der Waals surface area (Å²) in [5, 5.41) is 0. The van der Waals surface area contributed by atoms with E-state index in [9.17, 15) is 4.21 Å². The van der Waals surface area contributed by atoms with Crippen molar-refractivity contribution < 1.29 is 4.21 Å². The highest BCUT2D eigenvalue weighted by Gasteiger charge is 2.27. The summed E-state index contributed by atoms with van der Waals surface area (Å²) in [5.41, 5.74) is 1.23. The fourth-order valence-corrected chi connectivity index (χ4v) is 3.36. The zero-order valence-electron chi connectivity index (χ0n) is 10.8. The maximum atomic E-state index is 12.6. The first-order valence-electron chi connectivity index (χ1n) is 6.10. The topological polar surface area (TPSA) is 17.1 Å². The van der Waals surface area contributed by atoms with E-state index in [1.807, 2.05) is 48.5 Å². The lowest BCUT2D eigenvalue weighted by atomic mass is 10.0. The zero-order chi connectivity index (χ0) is 13.0. The third kappa shape index (κ3) is 3.08. The van der Waals surface area contributed by atoms with Crippen LogP contribution < -0.4 is 0 Å². The van der Waals surface area contributed by atoms with Crippen molar-refractivity contribution in [1.82, 2.24) is 0 Å². The van der Waals surface area contributed by atoms with Gasteiger partial charge in [0.1, 0.15) is 0 Å². The van der Waals surface area contributed by atoms with Crippen LogP contribution in [-0.2, 0) is 17.2 Å². The summed E-state index contributed by atoms with van der Waals surface area (Å²) in [6.07, 6.45) is 0.815. The molecule has 0 aliphatic heterocycles. The van der Waals surface area contributed by atoms with Crippen molar-refractivity contribution >= 4 is 10.8 Å². The van der Waals surface area contributed by atoms with Gasteiger partial charge in [-0.1, -0.05) is 48.5 Å². The fourth-order valence-electron chi connectivity index (χ4n) is 2.02. The molecule has 2 aromatic carbocycles. The van der Waals surface area contributed by atoms with Gasteiger partial charge in [-0.3, -0.25) is 4.21 Å². The number of hydrogen-bond donors (Lipinski definition) is 0. The predicted octanol–water partition coefficient (Wildman–Crippen LogP) is 3.82. The first-order valence-corrected chi connectivity index (χ1v) is 7.25. The van der Waals surface area contributed by atoms with Crippen molar-refractivity contribution in [3.63, 3.8) is 0 Å². The zero-order valence-corrected chi connectivity index (χ0v) is 11.6. The molecule has 0 N–H and O–H groups in total. The van der Waals surface area contributed by atoms with Gasteiger partial charge in [-0.25, -0.2) is 0 Å². The summed E-state index contributed by atoms with van der Waals surface area (Å²) in [4.78, 5) is 0.901.